The highest BCUT2D eigenvalue weighted by Crippen LogP contribution is 2.32. The van der Waals surface area contributed by atoms with E-state index in [1.165, 1.54) is 19.1 Å². The largest absolute Gasteiger partial charge is 0.493 e. The van der Waals surface area contributed by atoms with Gasteiger partial charge in [-0.3, -0.25) is 19.1 Å². The van der Waals surface area contributed by atoms with Gasteiger partial charge < -0.3 is 30.2 Å². The first-order valence-electron chi connectivity index (χ1n) is 17.2. The van der Waals surface area contributed by atoms with E-state index < -0.39 is 68.6 Å². The van der Waals surface area contributed by atoms with Crippen molar-refractivity contribution in [3.8, 4) is 11.5 Å². The van der Waals surface area contributed by atoms with Crippen LogP contribution in [0.15, 0.2) is 72.8 Å². The third-order valence-electron chi connectivity index (χ3n) is 8.37. The van der Waals surface area contributed by atoms with E-state index in [0.29, 0.717) is 31.4 Å². The molecule has 1 aliphatic heterocycles. The summed E-state index contributed by atoms with van der Waals surface area (Å²) in [5, 5.41) is 7.99. The van der Waals surface area contributed by atoms with E-state index in [1.807, 2.05) is 35.1 Å². The predicted molar refractivity (Wildman–Crippen MR) is 191 cm³/mol. The van der Waals surface area contributed by atoms with Crippen molar-refractivity contribution in [2.24, 2.45) is 0 Å². The maximum Gasteiger partial charge on any atom is 0.491 e. The van der Waals surface area contributed by atoms with Gasteiger partial charge in [0.15, 0.2) is 0 Å². The van der Waals surface area contributed by atoms with Crippen LogP contribution in [-0.2, 0) is 46.8 Å². The highest BCUT2D eigenvalue weighted by molar-refractivity contribution is 7.90. The van der Waals surface area contributed by atoms with E-state index in [-0.39, 0.29) is 37.6 Å². The minimum absolute atomic E-state index is 0.0323. The van der Waals surface area contributed by atoms with Crippen molar-refractivity contribution in [2.45, 2.75) is 62.5 Å². The summed E-state index contributed by atoms with van der Waals surface area (Å²) in [6, 6.07) is 18.1. The lowest BCUT2D eigenvalue weighted by molar-refractivity contribution is -0.189. The second-order valence-electron chi connectivity index (χ2n) is 12.6. The number of carbonyl (C=O) groups is 5. The summed E-state index contributed by atoms with van der Waals surface area (Å²) in [5.74, 6) is -5.76. The van der Waals surface area contributed by atoms with Gasteiger partial charge in [-0.2, -0.15) is 13.2 Å². The summed E-state index contributed by atoms with van der Waals surface area (Å²) in [5.41, 5.74) is 1.57. The number of nitrogens with one attached hydrogen (secondary N) is 4. The number of hydrogen-bond acceptors (Lipinski definition) is 11. The average molecular weight is 791 g/mol. The lowest BCUT2D eigenvalue weighted by Gasteiger charge is -2.24. The summed E-state index contributed by atoms with van der Waals surface area (Å²) in [6.07, 6.45) is -3.97. The molecule has 1 aliphatic rings. The van der Waals surface area contributed by atoms with E-state index in [4.69, 9.17) is 4.74 Å². The number of alkyl halides is 3. The van der Waals surface area contributed by atoms with Crippen molar-refractivity contribution in [1.29, 1.82) is 0 Å². The third kappa shape index (κ3) is 12.5. The third-order valence-corrected chi connectivity index (χ3v) is 10.1. The minimum atomic E-state index is -5.29. The van der Waals surface area contributed by atoms with Gasteiger partial charge in [0, 0.05) is 25.9 Å². The van der Waals surface area contributed by atoms with Crippen LogP contribution in [-0.4, -0.2) is 83.1 Å². The standard InChI is InChI=1S/C37H41F3N4O10S/c1-23(45)42-28(20-24-9-4-3-5-10-24)34(47)43-27(19-25-13-15-26(16-14-25)31-21-32(46)44-55(31,50)51)22-41-17-6-7-18-53-29-11-8-12-30(33(29)35(48)52-2)54-36(49)37(38,39)40/h3-5,8-16,27-28,31,41H,6-7,17-22H2,1-2H3,(H,42,45)(H,43,47)(H,44,46)/t27-,28-,31?/m0/s1. The molecule has 4 N–H and O–H groups in total. The van der Waals surface area contributed by atoms with Crippen LogP contribution >= 0.6 is 0 Å². The van der Waals surface area contributed by atoms with Crippen LogP contribution < -0.4 is 30.1 Å². The first kappa shape index (κ1) is 42.3. The van der Waals surface area contributed by atoms with E-state index in [9.17, 15) is 45.6 Å². The molecule has 0 aromatic heterocycles. The molecule has 296 valence electrons. The number of benzene rings is 3. The molecule has 0 spiro atoms. The molecule has 1 unspecified atom stereocenters. The molecule has 1 fully saturated rings. The Morgan fingerprint density at radius 2 is 1.56 bits per heavy atom. The quantitative estimate of drug-likeness (QED) is 0.0841. The van der Waals surface area contributed by atoms with Gasteiger partial charge in [0.05, 0.1) is 20.1 Å². The van der Waals surface area contributed by atoms with E-state index in [2.05, 4.69) is 25.4 Å². The van der Waals surface area contributed by atoms with Crippen LogP contribution in [0.4, 0.5) is 13.2 Å². The zero-order valence-corrected chi connectivity index (χ0v) is 30.8. The van der Waals surface area contributed by atoms with Gasteiger partial charge in [-0.25, -0.2) is 18.0 Å². The number of esters is 2. The molecular weight excluding hydrogens is 749 g/mol. The molecule has 3 aromatic rings. The molecule has 0 bridgehead atoms. The summed E-state index contributed by atoms with van der Waals surface area (Å²) in [4.78, 5) is 61.1. The van der Waals surface area contributed by atoms with E-state index in [0.717, 1.165) is 24.3 Å². The number of carbonyl (C=O) groups excluding carboxylic acids is 5. The molecule has 1 heterocycles. The van der Waals surface area contributed by atoms with Crippen molar-refractivity contribution < 1.29 is 59.8 Å². The van der Waals surface area contributed by atoms with Crippen molar-refractivity contribution >= 4 is 39.7 Å². The van der Waals surface area contributed by atoms with E-state index in [1.54, 1.807) is 24.3 Å². The Balaban J connectivity index is 1.39. The summed E-state index contributed by atoms with van der Waals surface area (Å²) in [7, 11) is -2.82. The van der Waals surface area contributed by atoms with Crippen LogP contribution in [0.3, 0.4) is 0 Å². The number of ether oxygens (including phenoxy) is 3. The van der Waals surface area contributed by atoms with Crippen LogP contribution in [0.2, 0.25) is 0 Å². The smallest absolute Gasteiger partial charge is 0.491 e. The van der Waals surface area contributed by atoms with Gasteiger partial charge in [-0.15, -0.1) is 0 Å². The van der Waals surface area contributed by atoms with Gasteiger partial charge >= 0.3 is 18.1 Å². The van der Waals surface area contributed by atoms with Crippen molar-refractivity contribution in [3.63, 3.8) is 0 Å². The maximum absolute atomic E-state index is 13.6. The topological polar surface area (TPSA) is 195 Å². The highest BCUT2D eigenvalue weighted by atomic mass is 32.2. The second kappa shape index (κ2) is 19.2. The molecule has 1 saturated heterocycles. The lowest BCUT2D eigenvalue weighted by Crippen LogP contribution is -2.53. The van der Waals surface area contributed by atoms with Gasteiger partial charge in [0.1, 0.15) is 28.4 Å². The van der Waals surface area contributed by atoms with Crippen LogP contribution in [0.5, 0.6) is 11.5 Å². The number of amides is 3. The average Bonchev–Trinajstić information content (AvgIpc) is 3.41. The SMILES string of the molecule is COC(=O)c1c(OCCCCNC[C@H](Cc2ccc(C3CC(=O)NS3(=O)=O)cc2)NC(=O)[C@H](Cc2ccccc2)NC(C)=O)cccc1OC(=O)C(F)(F)F. The second-order valence-corrected chi connectivity index (χ2v) is 14.5. The molecule has 55 heavy (non-hydrogen) atoms. The minimum Gasteiger partial charge on any atom is -0.493 e. The normalized spacial score (nSPS) is 15.9. The van der Waals surface area contributed by atoms with E-state index >= 15 is 0 Å². The zero-order chi connectivity index (χ0) is 40.2. The molecule has 18 heteroatoms. The highest BCUT2D eigenvalue weighted by Gasteiger charge is 2.42. The predicted octanol–water partition coefficient (Wildman–Crippen LogP) is 3.06. The number of hydrogen-bond donors (Lipinski definition) is 4. The first-order chi connectivity index (χ1) is 26.1. The van der Waals surface area contributed by atoms with Crippen LogP contribution in [0.25, 0.3) is 0 Å². The fourth-order valence-corrected chi connectivity index (χ4v) is 7.20. The molecule has 3 atom stereocenters. The molecule has 0 saturated carbocycles. The molecule has 14 nitrogen and oxygen atoms in total. The number of sulfonamides is 1. The first-order valence-corrected chi connectivity index (χ1v) is 18.7. The number of rotatable bonds is 18. The lowest BCUT2D eigenvalue weighted by atomic mass is 10.0. The molecule has 3 aromatic carbocycles. The van der Waals surface area contributed by atoms with Gasteiger partial charge in [0.2, 0.25) is 27.7 Å². The van der Waals surface area contributed by atoms with Crippen LogP contribution in [0.1, 0.15) is 58.5 Å². The van der Waals surface area contributed by atoms with Crippen LogP contribution in [0, 0.1) is 0 Å². The van der Waals surface area contributed by atoms with Gasteiger partial charge in [0.25, 0.3) is 0 Å². The van der Waals surface area contributed by atoms with Crippen molar-refractivity contribution in [1.82, 2.24) is 20.7 Å². The Bertz CT molecular complexity index is 1940. The van der Waals surface area contributed by atoms with Gasteiger partial charge in [-0.05, 0) is 54.6 Å². The molecular formula is C37H41F3N4O10S. The monoisotopic (exact) mass is 790 g/mol. The Hall–Kier alpha value is -5.49. The maximum atomic E-state index is 13.6. The molecule has 0 radical (unpaired) electrons. The van der Waals surface area contributed by atoms with Crippen molar-refractivity contribution in [2.75, 3.05) is 26.8 Å². The zero-order valence-electron chi connectivity index (χ0n) is 29.9. The summed E-state index contributed by atoms with van der Waals surface area (Å²) in [6.45, 7) is 2.06. The molecule has 3 amide bonds. The summed E-state index contributed by atoms with van der Waals surface area (Å²) < 4.78 is 79.8. The molecule has 4 rings (SSSR count). The fraction of sp³-hybridized carbons (Fsp3) is 0.378. The Kier molecular flexibility index (Phi) is 14.8. The van der Waals surface area contributed by atoms with Crippen molar-refractivity contribution in [3.05, 3.63) is 95.1 Å². The van der Waals surface area contributed by atoms with Gasteiger partial charge in [-0.1, -0.05) is 60.7 Å². The fourth-order valence-electron chi connectivity index (χ4n) is 5.77. The number of halogens is 3. The Morgan fingerprint density at radius 1 is 0.891 bits per heavy atom. The summed E-state index contributed by atoms with van der Waals surface area (Å²) >= 11 is 0. The number of methoxy groups -OCH3 is 1. The molecule has 0 aliphatic carbocycles. The number of unbranched alkanes of at least 4 members (excludes halogenated alkanes) is 1. The Morgan fingerprint density at radius 3 is 2.18 bits per heavy atom. The Labute approximate surface area is 315 Å².